The predicted molar refractivity (Wildman–Crippen MR) is 118 cm³/mol. The van der Waals surface area contributed by atoms with Gasteiger partial charge in [0.15, 0.2) is 0 Å². The van der Waals surface area contributed by atoms with Gasteiger partial charge < -0.3 is 15.6 Å². The van der Waals surface area contributed by atoms with Crippen LogP contribution in [0.15, 0.2) is 65.1 Å². The molecule has 0 spiro atoms. The second-order valence-corrected chi connectivity index (χ2v) is 7.71. The van der Waals surface area contributed by atoms with Gasteiger partial charge in [0.25, 0.3) is 5.91 Å². The van der Waals surface area contributed by atoms with E-state index in [4.69, 9.17) is 23.2 Å². The number of halogens is 3. The van der Waals surface area contributed by atoms with Gasteiger partial charge in [-0.3, -0.25) is 4.79 Å². The van der Waals surface area contributed by atoms with Gasteiger partial charge in [-0.2, -0.15) is 0 Å². The molecular weight excluding hydrogens is 463 g/mol. The number of hydrogen-bond acceptors (Lipinski definition) is 3. The lowest BCUT2D eigenvalue weighted by Gasteiger charge is -2.05. The van der Waals surface area contributed by atoms with E-state index in [2.05, 4.69) is 36.5 Å². The lowest BCUT2D eigenvalue weighted by Crippen LogP contribution is -2.11. The number of nitrogens with zero attached hydrogens (tertiary/aromatic N) is 1. The van der Waals surface area contributed by atoms with Gasteiger partial charge >= 0.3 is 0 Å². The molecule has 0 radical (unpaired) electrons. The second kappa shape index (κ2) is 7.83. The molecule has 0 atom stereocenters. The fraction of sp³-hybridized carbons (Fsp3) is 0. The highest BCUT2D eigenvalue weighted by Crippen LogP contribution is 2.31. The van der Waals surface area contributed by atoms with Gasteiger partial charge in [-0.05, 0) is 54.6 Å². The van der Waals surface area contributed by atoms with E-state index in [1.165, 1.54) is 0 Å². The number of aromatic amines is 1. The largest absolute Gasteiger partial charge is 0.324 e. The van der Waals surface area contributed by atoms with Crippen molar-refractivity contribution in [3.63, 3.8) is 0 Å². The molecule has 0 saturated carbocycles. The van der Waals surface area contributed by atoms with Crippen molar-refractivity contribution in [3.8, 4) is 0 Å². The smallest absolute Gasteiger partial charge is 0.255 e. The van der Waals surface area contributed by atoms with Crippen LogP contribution in [0.5, 0.6) is 0 Å². The molecule has 0 aliphatic heterocycles. The van der Waals surface area contributed by atoms with Gasteiger partial charge in [-0.1, -0.05) is 45.2 Å². The van der Waals surface area contributed by atoms with Crippen molar-refractivity contribution in [2.75, 3.05) is 10.6 Å². The summed E-state index contributed by atoms with van der Waals surface area (Å²) in [5.41, 5.74) is 3.31. The summed E-state index contributed by atoms with van der Waals surface area (Å²) >= 11 is 15.6. The fourth-order valence-corrected chi connectivity index (χ4v) is 3.28. The van der Waals surface area contributed by atoms with Crippen molar-refractivity contribution < 1.29 is 4.79 Å². The Kier molecular flexibility index (Phi) is 5.26. The van der Waals surface area contributed by atoms with Gasteiger partial charge in [0.1, 0.15) is 0 Å². The molecule has 3 N–H and O–H groups in total. The number of aromatic nitrogens is 2. The molecule has 0 saturated heterocycles. The molecule has 140 valence electrons. The zero-order valence-electron chi connectivity index (χ0n) is 14.3. The van der Waals surface area contributed by atoms with Crippen LogP contribution in [0.1, 0.15) is 10.4 Å². The average Bonchev–Trinajstić information content (AvgIpc) is 3.09. The number of hydrogen-bond donors (Lipinski definition) is 3. The minimum Gasteiger partial charge on any atom is -0.324 e. The Hall–Kier alpha value is -2.54. The second-order valence-electron chi connectivity index (χ2n) is 6.00. The van der Waals surface area contributed by atoms with Crippen LogP contribution in [0.4, 0.5) is 17.3 Å². The molecule has 0 aliphatic rings. The first kappa shape index (κ1) is 18.8. The number of H-pyrrole nitrogens is 1. The third-order valence-electron chi connectivity index (χ3n) is 4.05. The lowest BCUT2D eigenvalue weighted by molar-refractivity contribution is 0.102. The van der Waals surface area contributed by atoms with Gasteiger partial charge in [0.05, 0.1) is 26.8 Å². The molecule has 1 amide bonds. The Labute approximate surface area is 179 Å². The van der Waals surface area contributed by atoms with Gasteiger partial charge in [0.2, 0.25) is 5.95 Å². The van der Waals surface area contributed by atoms with E-state index < -0.39 is 0 Å². The number of nitrogens with one attached hydrogen (secondary N) is 3. The number of benzene rings is 3. The highest BCUT2D eigenvalue weighted by molar-refractivity contribution is 9.10. The molecule has 4 aromatic rings. The molecule has 28 heavy (non-hydrogen) atoms. The van der Waals surface area contributed by atoms with Gasteiger partial charge in [-0.15, -0.1) is 0 Å². The topological polar surface area (TPSA) is 69.8 Å². The van der Waals surface area contributed by atoms with E-state index in [1.54, 1.807) is 30.3 Å². The van der Waals surface area contributed by atoms with Gasteiger partial charge in [-0.25, -0.2) is 4.98 Å². The number of anilines is 3. The fourth-order valence-electron chi connectivity index (χ4n) is 2.67. The van der Waals surface area contributed by atoms with Crippen LogP contribution < -0.4 is 10.6 Å². The zero-order valence-corrected chi connectivity index (χ0v) is 17.4. The van der Waals surface area contributed by atoms with E-state index in [9.17, 15) is 4.79 Å². The maximum atomic E-state index is 12.5. The number of carbonyl (C=O) groups excluding carboxylic acids is 1. The lowest BCUT2D eigenvalue weighted by atomic mass is 10.2. The van der Waals surface area contributed by atoms with Crippen LogP contribution in [-0.2, 0) is 0 Å². The number of amides is 1. The minimum atomic E-state index is -0.209. The summed E-state index contributed by atoms with van der Waals surface area (Å²) in [6, 6.07) is 18.0. The van der Waals surface area contributed by atoms with E-state index in [1.807, 2.05) is 30.3 Å². The molecule has 0 unspecified atom stereocenters. The van der Waals surface area contributed by atoms with Crippen LogP contribution in [0, 0.1) is 0 Å². The molecule has 0 bridgehead atoms. The highest BCUT2D eigenvalue weighted by atomic mass is 79.9. The van der Waals surface area contributed by atoms with Crippen LogP contribution in [0.25, 0.3) is 11.0 Å². The quantitative estimate of drug-likeness (QED) is 0.310. The molecule has 0 fully saturated rings. The SMILES string of the molecule is O=C(Nc1ccc(Br)cc1)c1ccc2[nH]c(Nc3cccc(Cl)c3Cl)nc2c1. The average molecular weight is 476 g/mol. The van der Waals surface area contributed by atoms with Crippen LogP contribution >= 0.6 is 39.1 Å². The van der Waals surface area contributed by atoms with E-state index in [0.29, 0.717) is 38.4 Å². The third-order valence-corrected chi connectivity index (χ3v) is 5.40. The molecule has 1 heterocycles. The Morgan fingerprint density at radius 3 is 2.61 bits per heavy atom. The van der Waals surface area contributed by atoms with E-state index in [-0.39, 0.29) is 5.91 Å². The highest BCUT2D eigenvalue weighted by Gasteiger charge is 2.11. The number of imidazole rings is 1. The minimum absolute atomic E-state index is 0.209. The monoisotopic (exact) mass is 474 g/mol. The molecule has 5 nitrogen and oxygen atoms in total. The molecule has 0 aliphatic carbocycles. The molecule has 1 aromatic heterocycles. The molecular formula is C20H13BrCl2N4O. The summed E-state index contributed by atoms with van der Waals surface area (Å²) in [4.78, 5) is 20.2. The number of carbonyl (C=O) groups is 1. The summed E-state index contributed by atoms with van der Waals surface area (Å²) in [6.45, 7) is 0. The Morgan fingerprint density at radius 2 is 1.82 bits per heavy atom. The van der Waals surface area contributed by atoms with Crippen molar-refractivity contribution in [1.82, 2.24) is 9.97 Å². The van der Waals surface area contributed by atoms with Crippen LogP contribution in [0.2, 0.25) is 10.0 Å². The normalized spacial score (nSPS) is 10.8. The van der Waals surface area contributed by atoms with Gasteiger partial charge in [0, 0.05) is 15.7 Å². The third kappa shape index (κ3) is 3.99. The summed E-state index contributed by atoms with van der Waals surface area (Å²) in [7, 11) is 0. The summed E-state index contributed by atoms with van der Waals surface area (Å²) in [6.07, 6.45) is 0. The van der Waals surface area contributed by atoms with E-state index >= 15 is 0 Å². The Bertz CT molecular complexity index is 1170. The first-order valence-corrected chi connectivity index (χ1v) is 9.82. The standard InChI is InChI=1S/C20H13BrCl2N4O/c21-12-5-7-13(8-6-12)24-19(28)11-4-9-15-17(10-11)27-20(25-15)26-16-3-1-2-14(22)18(16)23/h1-10H,(H,24,28)(H2,25,26,27). The first-order valence-electron chi connectivity index (χ1n) is 8.27. The van der Waals surface area contributed by atoms with Crippen molar-refractivity contribution in [1.29, 1.82) is 0 Å². The predicted octanol–water partition coefficient (Wildman–Crippen LogP) is 6.63. The summed E-state index contributed by atoms with van der Waals surface area (Å²) < 4.78 is 0.947. The number of fused-ring (bicyclic) bond motifs is 1. The van der Waals surface area contributed by atoms with Crippen LogP contribution in [0.3, 0.4) is 0 Å². The Morgan fingerprint density at radius 1 is 1.04 bits per heavy atom. The molecule has 4 rings (SSSR count). The number of rotatable bonds is 4. The van der Waals surface area contributed by atoms with E-state index in [0.717, 1.165) is 9.99 Å². The Balaban J connectivity index is 1.56. The van der Waals surface area contributed by atoms with Crippen molar-refractivity contribution in [2.45, 2.75) is 0 Å². The van der Waals surface area contributed by atoms with Crippen molar-refractivity contribution in [3.05, 3.63) is 80.7 Å². The van der Waals surface area contributed by atoms with Crippen molar-refractivity contribution >= 4 is 73.4 Å². The van der Waals surface area contributed by atoms with Crippen LogP contribution in [-0.4, -0.2) is 15.9 Å². The summed E-state index contributed by atoms with van der Waals surface area (Å²) in [5.74, 6) is 0.296. The maximum Gasteiger partial charge on any atom is 0.255 e. The van der Waals surface area contributed by atoms with Crippen molar-refractivity contribution in [2.24, 2.45) is 0 Å². The molecule has 3 aromatic carbocycles. The molecule has 8 heteroatoms. The summed E-state index contributed by atoms with van der Waals surface area (Å²) in [5, 5.41) is 6.84. The maximum absolute atomic E-state index is 12.5. The zero-order chi connectivity index (χ0) is 19.7. The first-order chi connectivity index (χ1) is 13.5.